The number of halogens is 1. The quantitative estimate of drug-likeness (QED) is 0.447. The maximum Gasteiger partial charge on any atom is 0.293 e. The molecule has 3 rings (SSSR count). The molecule has 0 spiro atoms. The highest BCUT2D eigenvalue weighted by Crippen LogP contribution is 2.30. The molecule has 1 N–H and O–H groups in total. The topological polar surface area (TPSA) is 79.2 Å². The fourth-order valence-corrected chi connectivity index (χ4v) is 2.69. The standard InChI is InChI=1S/C15H12ClN3O3/c1-18(2)8-3-5-11-9(7-8)15(20)13-10(16)4-6-12(19(21)22)14(13)17-11/h3-7H,1-2H3,(H,17,20). The van der Waals surface area contributed by atoms with E-state index in [0.29, 0.717) is 10.9 Å². The molecule has 0 unspecified atom stereocenters. The minimum Gasteiger partial charge on any atom is -0.378 e. The van der Waals surface area contributed by atoms with E-state index in [-0.39, 0.29) is 27.0 Å². The van der Waals surface area contributed by atoms with E-state index >= 15 is 0 Å². The van der Waals surface area contributed by atoms with Crippen LogP contribution in [-0.2, 0) is 0 Å². The molecule has 0 fully saturated rings. The van der Waals surface area contributed by atoms with Crippen molar-refractivity contribution in [2.45, 2.75) is 0 Å². The number of aromatic amines is 1. The molecule has 7 heteroatoms. The normalized spacial score (nSPS) is 11.0. The average molecular weight is 318 g/mol. The van der Waals surface area contributed by atoms with Gasteiger partial charge in [0, 0.05) is 31.2 Å². The number of H-pyrrole nitrogens is 1. The SMILES string of the molecule is CN(C)c1ccc2[nH]c3c([N+](=O)[O-])ccc(Cl)c3c(=O)c2c1. The smallest absolute Gasteiger partial charge is 0.293 e. The molecule has 1 heterocycles. The Hall–Kier alpha value is -2.60. The first-order valence-corrected chi connectivity index (χ1v) is 6.88. The summed E-state index contributed by atoms with van der Waals surface area (Å²) in [5.74, 6) is 0. The average Bonchev–Trinajstić information content (AvgIpc) is 2.46. The van der Waals surface area contributed by atoms with Crippen LogP contribution < -0.4 is 10.3 Å². The molecule has 3 aromatic rings. The molecule has 0 aliphatic carbocycles. The van der Waals surface area contributed by atoms with Gasteiger partial charge in [-0.3, -0.25) is 14.9 Å². The molecular formula is C15H12ClN3O3. The van der Waals surface area contributed by atoms with E-state index in [2.05, 4.69) is 4.98 Å². The van der Waals surface area contributed by atoms with E-state index in [1.807, 2.05) is 25.1 Å². The van der Waals surface area contributed by atoms with Crippen molar-refractivity contribution in [2.24, 2.45) is 0 Å². The van der Waals surface area contributed by atoms with E-state index in [0.717, 1.165) is 5.69 Å². The number of nitro groups is 1. The van der Waals surface area contributed by atoms with Crippen molar-refractivity contribution in [2.75, 3.05) is 19.0 Å². The van der Waals surface area contributed by atoms with Gasteiger partial charge in [0.25, 0.3) is 5.69 Å². The molecule has 0 radical (unpaired) electrons. The number of pyridine rings is 1. The largest absolute Gasteiger partial charge is 0.378 e. The van der Waals surface area contributed by atoms with E-state index in [9.17, 15) is 14.9 Å². The van der Waals surface area contributed by atoms with Crippen LogP contribution in [0, 0.1) is 10.1 Å². The van der Waals surface area contributed by atoms with Crippen LogP contribution in [0.3, 0.4) is 0 Å². The zero-order valence-electron chi connectivity index (χ0n) is 11.9. The van der Waals surface area contributed by atoms with Crippen molar-refractivity contribution in [3.05, 3.63) is 55.7 Å². The van der Waals surface area contributed by atoms with Crippen molar-refractivity contribution >= 4 is 44.8 Å². The second kappa shape index (κ2) is 4.99. The molecule has 6 nitrogen and oxygen atoms in total. The predicted octanol–water partition coefficient (Wildman–Crippen LogP) is 3.31. The molecule has 0 atom stereocenters. The number of anilines is 1. The van der Waals surface area contributed by atoms with Crippen LogP contribution in [0.15, 0.2) is 35.1 Å². The lowest BCUT2D eigenvalue weighted by Gasteiger charge is -2.13. The van der Waals surface area contributed by atoms with Gasteiger partial charge in [-0.05, 0) is 24.3 Å². The molecule has 0 amide bonds. The van der Waals surface area contributed by atoms with Gasteiger partial charge < -0.3 is 9.88 Å². The first-order valence-electron chi connectivity index (χ1n) is 6.50. The number of rotatable bonds is 2. The van der Waals surface area contributed by atoms with Gasteiger partial charge >= 0.3 is 0 Å². The van der Waals surface area contributed by atoms with Crippen LogP contribution in [0.25, 0.3) is 21.8 Å². The number of fused-ring (bicyclic) bond motifs is 2. The number of nitrogens with zero attached hydrogens (tertiary/aromatic N) is 2. The maximum absolute atomic E-state index is 12.7. The van der Waals surface area contributed by atoms with E-state index in [4.69, 9.17) is 11.6 Å². The second-order valence-electron chi connectivity index (χ2n) is 5.15. The summed E-state index contributed by atoms with van der Waals surface area (Å²) in [5, 5.41) is 11.9. The molecule has 112 valence electrons. The summed E-state index contributed by atoms with van der Waals surface area (Å²) < 4.78 is 0. The minimum absolute atomic E-state index is 0.138. The number of non-ortho nitro benzene ring substituents is 1. The number of nitro benzene ring substituents is 1. The molecule has 2 aromatic carbocycles. The summed E-state index contributed by atoms with van der Waals surface area (Å²) in [4.78, 5) is 28.2. The number of benzene rings is 2. The summed E-state index contributed by atoms with van der Waals surface area (Å²) in [6.45, 7) is 0. The van der Waals surface area contributed by atoms with E-state index in [1.165, 1.54) is 12.1 Å². The lowest BCUT2D eigenvalue weighted by molar-refractivity contribution is -0.383. The fraction of sp³-hybridized carbons (Fsp3) is 0.133. The second-order valence-corrected chi connectivity index (χ2v) is 5.56. The number of hydrogen-bond acceptors (Lipinski definition) is 4. The van der Waals surface area contributed by atoms with Crippen LogP contribution in [0.2, 0.25) is 5.02 Å². The van der Waals surface area contributed by atoms with Crippen LogP contribution in [0.4, 0.5) is 11.4 Å². The van der Waals surface area contributed by atoms with Crippen molar-refractivity contribution in [3.8, 4) is 0 Å². The summed E-state index contributed by atoms with van der Waals surface area (Å²) in [5.41, 5.74) is 1.05. The molecule has 0 saturated heterocycles. The van der Waals surface area contributed by atoms with Gasteiger partial charge in [0.05, 0.1) is 20.8 Å². The third-order valence-electron chi connectivity index (χ3n) is 3.58. The monoisotopic (exact) mass is 317 g/mol. The molecule has 0 bridgehead atoms. The van der Waals surface area contributed by atoms with Crippen molar-refractivity contribution < 1.29 is 4.92 Å². The third-order valence-corrected chi connectivity index (χ3v) is 3.90. The van der Waals surface area contributed by atoms with Crippen molar-refractivity contribution in [1.29, 1.82) is 0 Å². The van der Waals surface area contributed by atoms with Crippen LogP contribution in [-0.4, -0.2) is 24.0 Å². The highest BCUT2D eigenvalue weighted by atomic mass is 35.5. The van der Waals surface area contributed by atoms with Crippen molar-refractivity contribution in [3.63, 3.8) is 0 Å². The zero-order chi connectivity index (χ0) is 16.0. The summed E-state index contributed by atoms with van der Waals surface area (Å²) in [7, 11) is 3.74. The predicted molar refractivity (Wildman–Crippen MR) is 88.1 cm³/mol. The Balaban J connectivity index is 2.52. The van der Waals surface area contributed by atoms with Gasteiger partial charge in [-0.25, -0.2) is 0 Å². The first kappa shape index (κ1) is 14.3. The molecule has 0 aliphatic rings. The Morgan fingerprint density at radius 3 is 2.59 bits per heavy atom. The van der Waals surface area contributed by atoms with Crippen LogP contribution in [0.5, 0.6) is 0 Å². The Kier molecular flexibility index (Phi) is 3.26. The summed E-state index contributed by atoms with van der Waals surface area (Å²) >= 11 is 6.09. The highest BCUT2D eigenvalue weighted by molar-refractivity contribution is 6.36. The zero-order valence-corrected chi connectivity index (χ0v) is 12.6. The molecule has 1 aromatic heterocycles. The van der Waals surface area contributed by atoms with Crippen molar-refractivity contribution in [1.82, 2.24) is 4.98 Å². The van der Waals surface area contributed by atoms with Crippen LogP contribution >= 0.6 is 11.6 Å². The number of hydrogen-bond donors (Lipinski definition) is 1. The van der Waals surface area contributed by atoms with Gasteiger partial charge in [0.15, 0.2) is 5.43 Å². The molecule has 22 heavy (non-hydrogen) atoms. The van der Waals surface area contributed by atoms with Gasteiger partial charge in [-0.2, -0.15) is 0 Å². The lowest BCUT2D eigenvalue weighted by Crippen LogP contribution is -2.11. The van der Waals surface area contributed by atoms with Gasteiger partial charge in [-0.15, -0.1) is 0 Å². The van der Waals surface area contributed by atoms with Crippen LogP contribution in [0.1, 0.15) is 0 Å². The minimum atomic E-state index is -0.533. The third kappa shape index (κ3) is 2.08. The van der Waals surface area contributed by atoms with E-state index < -0.39 is 4.92 Å². The summed E-state index contributed by atoms with van der Waals surface area (Å²) in [6.07, 6.45) is 0. The number of nitrogens with one attached hydrogen (secondary N) is 1. The van der Waals surface area contributed by atoms with Gasteiger partial charge in [0.1, 0.15) is 5.52 Å². The van der Waals surface area contributed by atoms with Gasteiger partial charge in [0.2, 0.25) is 0 Å². The molecular weight excluding hydrogens is 306 g/mol. The number of aromatic nitrogens is 1. The Morgan fingerprint density at radius 2 is 1.95 bits per heavy atom. The molecule has 0 aliphatic heterocycles. The Bertz CT molecular complexity index is 979. The van der Waals surface area contributed by atoms with E-state index in [1.54, 1.807) is 12.1 Å². The Morgan fingerprint density at radius 1 is 1.23 bits per heavy atom. The van der Waals surface area contributed by atoms with Gasteiger partial charge in [-0.1, -0.05) is 11.6 Å². The maximum atomic E-state index is 12.7. The Labute approximate surface area is 130 Å². The first-order chi connectivity index (χ1) is 10.4. The highest BCUT2D eigenvalue weighted by Gasteiger charge is 2.18. The lowest BCUT2D eigenvalue weighted by atomic mass is 10.1. The fourth-order valence-electron chi connectivity index (χ4n) is 2.44. The molecule has 0 saturated carbocycles. The summed E-state index contributed by atoms with van der Waals surface area (Å²) in [6, 6.07) is 7.97.